The lowest BCUT2D eigenvalue weighted by Gasteiger charge is -2.07. The Hall–Kier alpha value is -2.24. The number of halogens is 2. The predicted octanol–water partition coefficient (Wildman–Crippen LogP) is 2.88. The SMILES string of the molecule is CCOC(=O)C1CC1c1ccc(Cn2cnc(F)c2)c(F)c1. The van der Waals surface area contributed by atoms with E-state index in [1.807, 2.05) is 6.07 Å². The Balaban J connectivity index is 1.69. The van der Waals surface area contributed by atoms with Crippen LogP contribution in [0.1, 0.15) is 30.4 Å². The van der Waals surface area contributed by atoms with Gasteiger partial charge >= 0.3 is 5.97 Å². The van der Waals surface area contributed by atoms with Gasteiger partial charge < -0.3 is 9.30 Å². The van der Waals surface area contributed by atoms with E-state index in [0.717, 1.165) is 5.56 Å². The molecule has 6 heteroatoms. The fourth-order valence-corrected chi connectivity index (χ4v) is 2.61. The molecule has 0 N–H and O–H groups in total. The number of aromatic nitrogens is 2. The molecule has 2 unspecified atom stereocenters. The lowest BCUT2D eigenvalue weighted by atomic mass is 10.1. The quantitative estimate of drug-likeness (QED) is 0.798. The van der Waals surface area contributed by atoms with Gasteiger partial charge in [0.15, 0.2) is 0 Å². The molecule has 116 valence electrons. The van der Waals surface area contributed by atoms with Gasteiger partial charge in [-0.25, -0.2) is 9.37 Å². The number of esters is 1. The van der Waals surface area contributed by atoms with E-state index in [1.54, 1.807) is 13.0 Å². The van der Waals surface area contributed by atoms with Gasteiger partial charge in [0.1, 0.15) is 5.82 Å². The third kappa shape index (κ3) is 3.00. The molecule has 22 heavy (non-hydrogen) atoms. The normalized spacial score (nSPS) is 20.0. The molecule has 1 heterocycles. The number of hydrogen-bond acceptors (Lipinski definition) is 3. The summed E-state index contributed by atoms with van der Waals surface area (Å²) >= 11 is 0. The van der Waals surface area contributed by atoms with Crippen LogP contribution < -0.4 is 0 Å². The number of nitrogens with zero attached hydrogens (tertiary/aromatic N) is 2. The Morgan fingerprint density at radius 1 is 1.45 bits per heavy atom. The summed E-state index contributed by atoms with van der Waals surface area (Å²) in [5.74, 6) is -1.29. The highest BCUT2D eigenvalue weighted by Crippen LogP contribution is 2.48. The van der Waals surface area contributed by atoms with Crippen LogP contribution in [-0.2, 0) is 16.1 Å². The maximum absolute atomic E-state index is 14.2. The Morgan fingerprint density at radius 2 is 2.27 bits per heavy atom. The molecule has 3 rings (SSSR count). The van der Waals surface area contributed by atoms with Crippen molar-refractivity contribution in [3.8, 4) is 0 Å². The Kier molecular flexibility index (Phi) is 3.92. The van der Waals surface area contributed by atoms with Crippen molar-refractivity contribution in [2.75, 3.05) is 6.61 Å². The van der Waals surface area contributed by atoms with E-state index in [-0.39, 0.29) is 30.2 Å². The van der Waals surface area contributed by atoms with Crippen LogP contribution in [0.4, 0.5) is 8.78 Å². The van der Waals surface area contributed by atoms with Crippen LogP contribution >= 0.6 is 0 Å². The largest absolute Gasteiger partial charge is 0.466 e. The van der Waals surface area contributed by atoms with Crippen LogP contribution in [0.2, 0.25) is 0 Å². The third-order valence-corrected chi connectivity index (χ3v) is 3.84. The van der Waals surface area contributed by atoms with Crippen molar-refractivity contribution in [1.82, 2.24) is 9.55 Å². The minimum atomic E-state index is -0.590. The van der Waals surface area contributed by atoms with Gasteiger partial charge in [-0.15, -0.1) is 0 Å². The maximum atomic E-state index is 14.2. The van der Waals surface area contributed by atoms with Gasteiger partial charge in [-0.2, -0.15) is 4.39 Å². The van der Waals surface area contributed by atoms with E-state index in [2.05, 4.69) is 4.98 Å². The Morgan fingerprint density at radius 3 is 2.91 bits per heavy atom. The van der Waals surface area contributed by atoms with Gasteiger partial charge in [-0.05, 0) is 30.9 Å². The minimum Gasteiger partial charge on any atom is -0.466 e. The molecule has 1 aliphatic carbocycles. The first kappa shape index (κ1) is 14.7. The van der Waals surface area contributed by atoms with Crippen LogP contribution in [0.25, 0.3) is 0 Å². The van der Waals surface area contributed by atoms with E-state index in [0.29, 0.717) is 18.6 Å². The van der Waals surface area contributed by atoms with E-state index in [4.69, 9.17) is 4.74 Å². The van der Waals surface area contributed by atoms with Crippen molar-refractivity contribution >= 4 is 5.97 Å². The molecule has 1 aliphatic rings. The highest BCUT2D eigenvalue weighted by molar-refractivity contribution is 5.77. The first-order valence-corrected chi connectivity index (χ1v) is 7.20. The molecule has 0 spiro atoms. The fourth-order valence-electron chi connectivity index (χ4n) is 2.61. The second-order valence-electron chi connectivity index (χ2n) is 5.42. The van der Waals surface area contributed by atoms with Crippen molar-refractivity contribution in [2.24, 2.45) is 5.92 Å². The van der Waals surface area contributed by atoms with Crippen molar-refractivity contribution in [3.63, 3.8) is 0 Å². The van der Waals surface area contributed by atoms with Crippen molar-refractivity contribution in [1.29, 1.82) is 0 Å². The molecular formula is C16H16F2N2O2. The summed E-state index contributed by atoms with van der Waals surface area (Å²) in [6, 6.07) is 4.94. The first-order valence-electron chi connectivity index (χ1n) is 7.20. The zero-order valence-corrected chi connectivity index (χ0v) is 12.1. The number of carbonyl (C=O) groups is 1. The van der Waals surface area contributed by atoms with Crippen LogP contribution in [0.15, 0.2) is 30.7 Å². The molecule has 0 aliphatic heterocycles. The van der Waals surface area contributed by atoms with Crippen molar-refractivity contribution in [3.05, 3.63) is 53.6 Å². The van der Waals surface area contributed by atoms with Gasteiger partial charge in [-0.3, -0.25) is 4.79 Å². The molecule has 0 amide bonds. The van der Waals surface area contributed by atoms with Gasteiger partial charge in [-0.1, -0.05) is 12.1 Å². The minimum absolute atomic E-state index is 0.0355. The number of rotatable bonds is 5. The van der Waals surface area contributed by atoms with Crippen molar-refractivity contribution in [2.45, 2.75) is 25.8 Å². The molecule has 4 nitrogen and oxygen atoms in total. The topological polar surface area (TPSA) is 44.1 Å². The summed E-state index contributed by atoms with van der Waals surface area (Å²) in [4.78, 5) is 15.1. The van der Waals surface area contributed by atoms with Crippen LogP contribution in [0, 0.1) is 17.7 Å². The molecule has 1 aromatic heterocycles. The molecule has 1 fully saturated rings. The van der Waals surface area contributed by atoms with Crippen LogP contribution in [-0.4, -0.2) is 22.1 Å². The average Bonchev–Trinajstić information content (AvgIpc) is 3.18. The number of ether oxygens (including phenoxy) is 1. The lowest BCUT2D eigenvalue weighted by molar-refractivity contribution is -0.144. The fraction of sp³-hybridized carbons (Fsp3) is 0.375. The summed E-state index contributed by atoms with van der Waals surface area (Å²) in [5.41, 5.74) is 1.26. The Bertz CT molecular complexity index is 699. The average molecular weight is 306 g/mol. The molecule has 0 radical (unpaired) electrons. The molecule has 1 saturated carbocycles. The smallest absolute Gasteiger partial charge is 0.309 e. The van der Waals surface area contributed by atoms with Gasteiger partial charge in [0.25, 0.3) is 0 Å². The van der Waals surface area contributed by atoms with Gasteiger partial charge in [0.2, 0.25) is 5.95 Å². The summed E-state index contributed by atoms with van der Waals surface area (Å²) in [5, 5.41) is 0. The molecule has 0 bridgehead atoms. The summed E-state index contributed by atoms with van der Waals surface area (Å²) < 4.78 is 33.4. The highest BCUT2D eigenvalue weighted by atomic mass is 19.1. The second-order valence-corrected chi connectivity index (χ2v) is 5.42. The summed E-state index contributed by atoms with van der Waals surface area (Å²) in [6.07, 6.45) is 3.23. The zero-order valence-electron chi connectivity index (χ0n) is 12.1. The molecular weight excluding hydrogens is 290 g/mol. The van der Waals surface area contributed by atoms with E-state index in [1.165, 1.54) is 23.2 Å². The van der Waals surface area contributed by atoms with Crippen LogP contribution in [0.3, 0.4) is 0 Å². The van der Waals surface area contributed by atoms with Gasteiger partial charge in [0, 0.05) is 5.56 Å². The maximum Gasteiger partial charge on any atom is 0.309 e. The number of hydrogen-bond donors (Lipinski definition) is 0. The summed E-state index contributed by atoms with van der Waals surface area (Å²) in [7, 11) is 0. The first-order chi connectivity index (χ1) is 10.6. The highest BCUT2D eigenvalue weighted by Gasteiger charge is 2.45. The molecule has 2 aromatic rings. The molecule has 2 atom stereocenters. The van der Waals surface area contributed by atoms with E-state index < -0.39 is 5.95 Å². The predicted molar refractivity (Wildman–Crippen MR) is 75.2 cm³/mol. The van der Waals surface area contributed by atoms with E-state index >= 15 is 0 Å². The van der Waals surface area contributed by atoms with Crippen LogP contribution in [0.5, 0.6) is 0 Å². The van der Waals surface area contributed by atoms with Gasteiger partial charge in [0.05, 0.1) is 31.6 Å². The number of imidazole rings is 1. The number of benzene rings is 1. The number of carbonyl (C=O) groups excluding carboxylic acids is 1. The third-order valence-electron chi connectivity index (χ3n) is 3.84. The Labute approximate surface area is 126 Å². The molecule has 0 saturated heterocycles. The van der Waals surface area contributed by atoms with E-state index in [9.17, 15) is 13.6 Å². The molecule has 1 aromatic carbocycles. The lowest BCUT2D eigenvalue weighted by Crippen LogP contribution is -2.07. The monoisotopic (exact) mass is 306 g/mol. The zero-order chi connectivity index (χ0) is 15.7. The summed E-state index contributed by atoms with van der Waals surface area (Å²) in [6.45, 7) is 2.34. The standard InChI is InChI=1S/C16H16F2N2O2/c1-2-22-16(21)13-6-12(13)10-3-4-11(14(17)5-10)7-20-8-15(18)19-9-20/h3-5,8-9,12-13H,2,6-7H2,1H3. The second kappa shape index (κ2) is 5.87. The van der Waals surface area contributed by atoms with Crippen molar-refractivity contribution < 1.29 is 18.3 Å².